The van der Waals surface area contributed by atoms with Crippen molar-refractivity contribution in [3.63, 3.8) is 0 Å². The zero-order valence-electron chi connectivity index (χ0n) is 15.4. The highest BCUT2D eigenvalue weighted by molar-refractivity contribution is 5.69. The van der Waals surface area contributed by atoms with Gasteiger partial charge < -0.3 is 9.47 Å². The summed E-state index contributed by atoms with van der Waals surface area (Å²) in [6, 6.07) is 0. The summed E-state index contributed by atoms with van der Waals surface area (Å²) in [6.07, 6.45) is 24.6. The summed E-state index contributed by atoms with van der Waals surface area (Å²) in [6.45, 7) is 2.24. The van der Waals surface area contributed by atoms with Gasteiger partial charge in [-0.25, -0.2) is 0 Å². The number of esters is 1. The van der Waals surface area contributed by atoms with Gasteiger partial charge in [-0.05, 0) is 44.9 Å². The van der Waals surface area contributed by atoms with Gasteiger partial charge in [0, 0.05) is 6.42 Å². The fourth-order valence-corrected chi connectivity index (χ4v) is 2.54. The average Bonchev–Trinajstić information content (AvgIpc) is 3.34. The first kappa shape index (κ1) is 20.7. The Kier molecular flexibility index (Phi) is 12.1. The van der Waals surface area contributed by atoms with E-state index in [-0.39, 0.29) is 5.97 Å². The highest BCUT2D eigenvalue weighted by Crippen LogP contribution is 2.29. The quantitative estimate of drug-likeness (QED) is 0.182. The molecule has 136 valence electrons. The molecular formula is C21H34O3. The summed E-state index contributed by atoms with van der Waals surface area (Å²) < 4.78 is 10.3. The van der Waals surface area contributed by atoms with Crippen LogP contribution in [0.15, 0.2) is 36.5 Å². The van der Waals surface area contributed by atoms with Crippen molar-refractivity contribution in [3.05, 3.63) is 36.5 Å². The molecule has 3 heteroatoms. The molecule has 1 rings (SSSR count). The number of ether oxygens (including phenoxy) is 2. The molecule has 1 fully saturated rings. The smallest absolute Gasteiger partial charge is 0.305 e. The van der Waals surface area contributed by atoms with Crippen LogP contribution in [0.4, 0.5) is 0 Å². The van der Waals surface area contributed by atoms with Crippen LogP contribution in [0.1, 0.15) is 71.1 Å². The van der Waals surface area contributed by atoms with Crippen molar-refractivity contribution in [3.8, 4) is 0 Å². The van der Waals surface area contributed by atoms with Crippen molar-refractivity contribution in [1.82, 2.24) is 0 Å². The second-order valence-electron chi connectivity index (χ2n) is 6.30. The number of allylic oxidation sites excluding steroid dienone is 4. The Morgan fingerprint density at radius 2 is 1.54 bits per heavy atom. The molecule has 1 aliphatic heterocycles. The van der Waals surface area contributed by atoms with Gasteiger partial charge in [-0.15, -0.1) is 0 Å². The summed E-state index contributed by atoms with van der Waals surface area (Å²) in [5.41, 5.74) is 0. The molecule has 0 aromatic heterocycles. The summed E-state index contributed by atoms with van der Waals surface area (Å²) in [5.74, 6) is -0.127. The lowest BCUT2D eigenvalue weighted by molar-refractivity contribution is -0.140. The molecule has 2 atom stereocenters. The minimum Gasteiger partial charge on any atom is -0.469 e. The Hall–Kier alpha value is -1.35. The largest absolute Gasteiger partial charge is 0.469 e. The van der Waals surface area contributed by atoms with Crippen LogP contribution in [-0.4, -0.2) is 25.3 Å². The number of epoxide rings is 1. The third-order valence-electron chi connectivity index (χ3n) is 4.15. The van der Waals surface area contributed by atoms with Crippen LogP contribution in [0.2, 0.25) is 0 Å². The van der Waals surface area contributed by atoms with Gasteiger partial charge >= 0.3 is 5.97 Å². The SMILES string of the molecule is CCCCCC=CCC1OC1CC=CCC=CCCCC(=O)OC. The fraction of sp³-hybridized carbons (Fsp3) is 0.667. The number of carbonyl (C=O) groups excluding carboxylic acids is 1. The van der Waals surface area contributed by atoms with Gasteiger partial charge in [0.2, 0.25) is 0 Å². The Morgan fingerprint density at radius 3 is 2.25 bits per heavy atom. The van der Waals surface area contributed by atoms with E-state index in [2.05, 4.69) is 48.1 Å². The molecule has 0 amide bonds. The molecule has 0 saturated carbocycles. The van der Waals surface area contributed by atoms with E-state index in [0.29, 0.717) is 18.6 Å². The van der Waals surface area contributed by atoms with Crippen molar-refractivity contribution in [1.29, 1.82) is 0 Å². The lowest BCUT2D eigenvalue weighted by Crippen LogP contribution is -1.98. The highest BCUT2D eigenvalue weighted by Gasteiger charge is 2.35. The molecule has 1 heterocycles. The zero-order valence-corrected chi connectivity index (χ0v) is 15.4. The topological polar surface area (TPSA) is 38.8 Å². The molecule has 2 unspecified atom stereocenters. The predicted molar refractivity (Wildman–Crippen MR) is 99.9 cm³/mol. The Labute approximate surface area is 147 Å². The summed E-state index contributed by atoms with van der Waals surface area (Å²) >= 11 is 0. The number of hydrogen-bond donors (Lipinski definition) is 0. The van der Waals surface area contributed by atoms with E-state index < -0.39 is 0 Å². The lowest BCUT2D eigenvalue weighted by atomic mass is 10.1. The number of rotatable bonds is 14. The minimum atomic E-state index is -0.127. The van der Waals surface area contributed by atoms with E-state index in [1.165, 1.54) is 32.8 Å². The van der Waals surface area contributed by atoms with E-state index in [9.17, 15) is 4.79 Å². The second kappa shape index (κ2) is 14.0. The molecule has 0 spiro atoms. The van der Waals surface area contributed by atoms with Crippen LogP contribution in [0.25, 0.3) is 0 Å². The van der Waals surface area contributed by atoms with Crippen LogP contribution >= 0.6 is 0 Å². The Balaban J connectivity index is 1.92. The van der Waals surface area contributed by atoms with E-state index in [1.54, 1.807) is 0 Å². The molecule has 0 bridgehead atoms. The van der Waals surface area contributed by atoms with Crippen molar-refractivity contribution >= 4 is 5.97 Å². The third-order valence-corrected chi connectivity index (χ3v) is 4.15. The maximum Gasteiger partial charge on any atom is 0.305 e. The predicted octanol–water partition coefficient (Wildman–Crippen LogP) is 5.52. The van der Waals surface area contributed by atoms with Gasteiger partial charge in [0.1, 0.15) is 0 Å². The van der Waals surface area contributed by atoms with E-state index in [4.69, 9.17) is 4.74 Å². The van der Waals surface area contributed by atoms with Gasteiger partial charge in [-0.1, -0.05) is 56.2 Å². The van der Waals surface area contributed by atoms with Gasteiger partial charge in [0.15, 0.2) is 0 Å². The van der Waals surface area contributed by atoms with Crippen LogP contribution in [0, 0.1) is 0 Å². The molecule has 1 aliphatic rings. The molecule has 1 saturated heterocycles. The monoisotopic (exact) mass is 334 g/mol. The van der Waals surface area contributed by atoms with Crippen molar-refractivity contribution in [2.75, 3.05) is 7.11 Å². The van der Waals surface area contributed by atoms with Crippen molar-refractivity contribution in [2.45, 2.75) is 83.3 Å². The molecule has 0 aromatic carbocycles. The second-order valence-corrected chi connectivity index (χ2v) is 6.30. The molecule has 0 aliphatic carbocycles. The minimum absolute atomic E-state index is 0.127. The van der Waals surface area contributed by atoms with Crippen LogP contribution < -0.4 is 0 Å². The van der Waals surface area contributed by atoms with Gasteiger partial charge in [0.25, 0.3) is 0 Å². The normalized spacial score (nSPS) is 20.4. The summed E-state index contributed by atoms with van der Waals surface area (Å²) in [4.78, 5) is 10.9. The zero-order chi connectivity index (χ0) is 17.5. The van der Waals surface area contributed by atoms with Crippen molar-refractivity contribution in [2.24, 2.45) is 0 Å². The summed E-state index contributed by atoms with van der Waals surface area (Å²) in [5, 5.41) is 0. The lowest BCUT2D eigenvalue weighted by Gasteiger charge is -1.95. The molecule has 24 heavy (non-hydrogen) atoms. The van der Waals surface area contributed by atoms with Gasteiger partial charge in [0.05, 0.1) is 19.3 Å². The Bertz CT molecular complexity index is 409. The van der Waals surface area contributed by atoms with E-state index in [0.717, 1.165) is 32.1 Å². The molecule has 3 nitrogen and oxygen atoms in total. The van der Waals surface area contributed by atoms with Gasteiger partial charge in [-0.2, -0.15) is 0 Å². The Morgan fingerprint density at radius 1 is 0.917 bits per heavy atom. The fourth-order valence-electron chi connectivity index (χ4n) is 2.54. The summed E-state index contributed by atoms with van der Waals surface area (Å²) in [7, 11) is 1.43. The standard InChI is InChI=1S/C21H34O3/c1-3-4-5-6-10-13-16-19-20(24-19)17-14-11-8-7-9-12-15-18-21(22)23-2/h7,9-11,13-14,19-20H,3-6,8,12,15-18H2,1-2H3. The first-order valence-corrected chi connectivity index (χ1v) is 9.45. The van der Waals surface area contributed by atoms with Gasteiger partial charge in [-0.3, -0.25) is 4.79 Å². The first-order chi connectivity index (χ1) is 11.8. The molecule has 0 radical (unpaired) electrons. The number of methoxy groups -OCH3 is 1. The number of carbonyl (C=O) groups is 1. The van der Waals surface area contributed by atoms with Crippen molar-refractivity contribution < 1.29 is 14.3 Å². The van der Waals surface area contributed by atoms with Crippen LogP contribution in [-0.2, 0) is 14.3 Å². The maximum absolute atomic E-state index is 10.9. The van der Waals surface area contributed by atoms with E-state index >= 15 is 0 Å². The first-order valence-electron chi connectivity index (χ1n) is 9.45. The average molecular weight is 335 g/mol. The molecule has 0 aromatic rings. The number of unbranched alkanes of at least 4 members (excludes halogenated alkanes) is 4. The van der Waals surface area contributed by atoms with E-state index in [1.807, 2.05) is 0 Å². The maximum atomic E-state index is 10.9. The number of hydrogen-bond acceptors (Lipinski definition) is 3. The van der Waals surface area contributed by atoms with Crippen LogP contribution in [0.5, 0.6) is 0 Å². The highest BCUT2D eigenvalue weighted by atomic mass is 16.6. The molecule has 0 N–H and O–H groups in total. The third kappa shape index (κ3) is 11.2. The molecular weight excluding hydrogens is 300 g/mol. The van der Waals surface area contributed by atoms with Crippen LogP contribution in [0.3, 0.4) is 0 Å².